The summed E-state index contributed by atoms with van der Waals surface area (Å²) in [6.07, 6.45) is 1.56. The van der Waals surface area contributed by atoms with Crippen LogP contribution in [0, 0.1) is 25.2 Å². The van der Waals surface area contributed by atoms with Crippen molar-refractivity contribution in [3.05, 3.63) is 96.9 Å². The molecule has 32 heavy (non-hydrogen) atoms. The zero-order chi connectivity index (χ0) is 23.3. The quantitative estimate of drug-likeness (QED) is 0.265. The topological polar surface area (TPSA) is 62.1 Å². The largest absolute Gasteiger partial charge is 0.488 e. The van der Waals surface area contributed by atoms with Gasteiger partial charge >= 0.3 is 0 Å². The summed E-state index contributed by atoms with van der Waals surface area (Å²) in [5.41, 5.74) is 3.93. The van der Waals surface area contributed by atoms with Crippen molar-refractivity contribution < 1.29 is 9.53 Å². The average Bonchev–Trinajstić information content (AvgIpc) is 2.72. The highest BCUT2D eigenvalue weighted by molar-refractivity contribution is 9.10. The van der Waals surface area contributed by atoms with Gasteiger partial charge in [0.1, 0.15) is 24.0 Å². The SMILES string of the molecule is Cc1cc(/C=C(\C#N)C(=O)Nc2cccc(Br)c2)cc(C)c1OCc1ccc(Cl)cc1Cl. The maximum Gasteiger partial charge on any atom is 0.266 e. The lowest BCUT2D eigenvalue weighted by molar-refractivity contribution is -0.112. The van der Waals surface area contributed by atoms with Crippen molar-refractivity contribution in [2.45, 2.75) is 20.5 Å². The van der Waals surface area contributed by atoms with Gasteiger partial charge in [-0.15, -0.1) is 0 Å². The van der Waals surface area contributed by atoms with E-state index in [1.165, 1.54) is 0 Å². The number of carbonyl (C=O) groups excluding carboxylic acids is 1. The van der Waals surface area contributed by atoms with Gasteiger partial charge in [0.2, 0.25) is 0 Å². The number of hydrogen-bond acceptors (Lipinski definition) is 3. The molecule has 0 radical (unpaired) electrons. The Labute approximate surface area is 205 Å². The molecule has 0 heterocycles. The number of carbonyl (C=O) groups is 1. The average molecular weight is 530 g/mol. The maximum absolute atomic E-state index is 12.5. The summed E-state index contributed by atoms with van der Waals surface area (Å²) in [6, 6.07) is 18.2. The van der Waals surface area contributed by atoms with E-state index in [9.17, 15) is 10.1 Å². The number of nitrogens with zero attached hydrogens (tertiary/aromatic N) is 1. The molecule has 0 bridgehead atoms. The Hall–Kier alpha value is -2.78. The Kier molecular flexibility index (Phi) is 7.98. The number of nitriles is 1. The van der Waals surface area contributed by atoms with Gasteiger partial charge < -0.3 is 10.1 Å². The van der Waals surface area contributed by atoms with E-state index in [-0.39, 0.29) is 5.57 Å². The van der Waals surface area contributed by atoms with Gasteiger partial charge in [0.05, 0.1) is 0 Å². The summed E-state index contributed by atoms with van der Waals surface area (Å²) >= 11 is 15.5. The van der Waals surface area contributed by atoms with Crippen molar-refractivity contribution in [2.75, 3.05) is 5.32 Å². The molecule has 0 aliphatic rings. The second-order valence-corrected chi connectivity index (χ2v) is 8.90. The lowest BCUT2D eigenvalue weighted by atomic mass is 10.0. The van der Waals surface area contributed by atoms with Crippen LogP contribution in [-0.2, 0) is 11.4 Å². The number of rotatable bonds is 6. The van der Waals surface area contributed by atoms with Crippen LogP contribution in [0.15, 0.2) is 64.6 Å². The van der Waals surface area contributed by atoms with Gasteiger partial charge in [-0.05, 0) is 79.1 Å². The molecule has 0 aliphatic heterocycles. The third-order valence-electron chi connectivity index (χ3n) is 4.63. The third-order valence-corrected chi connectivity index (χ3v) is 5.71. The molecule has 3 aromatic carbocycles. The first-order valence-corrected chi connectivity index (χ1v) is 11.2. The summed E-state index contributed by atoms with van der Waals surface area (Å²) in [5, 5.41) is 13.4. The first-order valence-electron chi connectivity index (χ1n) is 9.63. The number of nitrogens with one attached hydrogen (secondary N) is 1. The first kappa shape index (κ1) is 23.9. The second kappa shape index (κ2) is 10.7. The molecule has 0 unspecified atom stereocenters. The summed E-state index contributed by atoms with van der Waals surface area (Å²) in [6.45, 7) is 4.12. The van der Waals surface area contributed by atoms with Gasteiger partial charge in [-0.3, -0.25) is 4.79 Å². The number of anilines is 1. The van der Waals surface area contributed by atoms with Gasteiger partial charge in [-0.25, -0.2) is 0 Å². The standard InChI is InChI=1S/C25H19BrCl2N2O2/c1-15-8-17(10-19(13-29)25(31)30-22-5-3-4-20(26)11-22)9-16(2)24(15)32-14-18-6-7-21(27)12-23(18)28/h3-12H,14H2,1-2H3,(H,30,31)/b19-10+. The Bertz CT molecular complexity index is 1230. The van der Waals surface area contributed by atoms with Crippen molar-refractivity contribution in [2.24, 2.45) is 0 Å². The minimum absolute atomic E-state index is 0.00499. The van der Waals surface area contributed by atoms with Crippen molar-refractivity contribution >= 4 is 56.8 Å². The van der Waals surface area contributed by atoms with E-state index in [0.717, 1.165) is 32.5 Å². The fourth-order valence-electron chi connectivity index (χ4n) is 3.16. The summed E-state index contributed by atoms with van der Waals surface area (Å²) < 4.78 is 6.83. The predicted octanol–water partition coefficient (Wildman–Crippen LogP) is 7.50. The van der Waals surface area contributed by atoms with E-state index in [2.05, 4.69) is 21.2 Å². The molecule has 1 N–H and O–H groups in total. The molecule has 0 spiro atoms. The molecule has 1 amide bonds. The molecular weight excluding hydrogens is 511 g/mol. The van der Waals surface area contributed by atoms with Crippen LogP contribution in [0.3, 0.4) is 0 Å². The molecule has 4 nitrogen and oxygen atoms in total. The van der Waals surface area contributed by atoms with Crippen LogP contribution in [0.5, 0.6) is 5.75 Å². The third kappa shape index (κ3) is 6.14. The molecule has 0 saturated heterocycles. The number of amides is 1. The molecule has 7 heteroatoms. The van der Waals surface area contributed by atoms with Crippen molar-refractivity contribution in [1.82, 2.24) is 0 Å². The lowest BCUT2D eigenvalue weighted by Gasteiger charge is -2.14. The second-order valence-electron chi connectivity index (χ2n) is 7.14. The fourth-order valence-corrected chi connectivity index (χ4v) is 4.03. The van der Waals surface area contributed by atoms with E-state index in [4.69, 9.17) is 27.9 Å². The number of halogens is 3. The monoisotopic (exact) mass is 528 g/mol. The van der Waals surface area contributed by atoms with Gasteiger partial charge in [0.25, 0.3) is 5.91 Å². The van der Waals surface area contributed by atoms with E-state index in [1.807, 2.05) is 44.2 Å². The Morgan fingerprint density at radius 3 is 2.47 bits per heavy atom. The van der Waals surface area contributed by atoms with Crippen LogP contribution in [0.4, 0.5) is 5.69 Å². The van der Waals surface area contributed by atoms with E-state index < -0.39 is 5.91 Å². The first-order chi connectivity index (χ1) is 15.3. The van der Waals surface area contributed by atoms with E-state index in [0.29, 0.717) is 22.3 Å². The van der Waals surface area contributed by atoms with Crippen LogP contribution < -0.4 is 10.1 Å². The molecular formula is C25H19BrCl2N2O2. The van der Waals surface area contributed by atoms with Crippen LogP contribution >= 0.6 is 39.1 Å². The summed E-state index contributed by atoms with van der Waals surface area (Å²) in [7, 11) is 0. The van der Waals surface area contributed by atoms with Gasteiger partial charge in [0.15, 0.2) is 0 Å². The van der Waals surface area contributed by atoms with Crippen LogP contribution in [0.2, 0.25) is 10.0 Å². The number of benzene rings is 3. The summed E-state index contributed by atoms with van der Waals surface area (Å²) in [5.74, 6) is 0.254. The highest BCUT2D eigenvalue weighted by Gasteiger charge is 2.12. The maximum atomic E-state index is 12.5. The van der Waals surface area contributed by atoms with Gasteiger partial charge in [-0.2, -0.15) is 5.26 Å². The smallest absolute Gasteiger partial charge is 0.266 e. The van der Waals surface area contributed by atoms with Crippen LogP contribution in [0.1, 0.15) is 22.3 Å². The molecule has 0 atom stereocenters. The summed E-state index contributed by atoms with van der Waals surface area (Å²) in [4.78, 5) is 12.5. The molecule has 0 aromatic heterocycles. The Morgan fingerprint density at radius 2 is 1.84 bits per heavy atom. The molecule has 0 saturated carbocycles. The zero-order valence-electron chi connectivity index (χ0n) is 17.4. The van der Waals surface area contributed by atoms with E-state index in [1.54, 1.807) is 36.4 Å². The molecule has 0 aliphatic carbocycles. The van der Waals surface area contributed by atoms with Crippen LogP contribution in [-0.4, -0.2) is 5.91 Å². The number of ether oxygens (including phenoxy) is 1. The van der Waals surface area contributed by atoms with Crippen molar-refractivity contribution in [1.29, 1.82) is 5.26 Å². The Balaban J connectivity index is 1.78. The zero-order valence-corrected chi connectivity index (χ0v) is 20.5. The van der Waals surface area contributed by atoms with Crippen LogP contribution in [0.25, 0.3) is 6.08 Å². The van der Waals surface area contributed by atoms with E-state index >= 15 is 0 Å². The number of hydrogen-bond donors (Lipinski definition) is 1. The molecule has 162 valence electrons. The van der Waals surface area contributed by atoms with Crippen molar-refractivity contribution in [3.63, 3.8) is 0 Å². The minimum atomic E-state index is -0.474. The minimum Gasteiger partial charge on any atom is -0.488 e. The predicted molar refractivity (Wildman–Crippen MR) is 133 cm³/mol. The molecule has 3 aromatic rings. The van der Waals surface area contributed by atoms with Gasteiger partial charge in [-0.1, -0.05) is 51.3 Å². The fraction of sp³-hybridized carbons (Fsp3) is 0.120. The lowest BCUT2D eigenvalue weighted by Crippen LogP contribution is -2.13. The number of aryl methyl sites for hydroxylation is 2. The normalized spacial score (nSPS) is 11.1. The van der Waals surface area contributed by atoms with Gasteiger partial charge in [0, 0.05) is 25.8 Å². The molecule has 0 fully saturated rings. The van der Waals surface area contributed by atoms with Crippen molar-refractivity contribution in [3.8, 4) is 11.8 Å². The molecule has 3 rings (SSSR count). The highest BCUT2D eigenvalue weighted by atomic mass is 79.9. The highest BCUT2D eigenvalue weighted by Crippen LogP contribution is 2.29. The Morgan fingerprint density at radius 1 is 1.12 bits per heavy atom.